The first-order chi connectivity index (χ1) is 14.6. The maximum atomic E-state index is 12.5. The van der Waals surface area contributed by atoms with Crippen molar-refractivity contribution >= 4 is 17.7 Å². The van der Waals surface area contributed by atoms with E-state index >= 15 is 0 Å². The summed E-state index contributed by atoms with van der Waals surface area (Å²) >= 11 is 0. The van der Waals surface area contributed by atoms with Gasteiger partial charge in [0.05, 0.1) is 6.04 Å². The van der Waals surface area contributed by atoms with Crippen molar-refractivity contribution in [2.24, 2.45) is 0 Å². The Morgan fingerprint density at radius 2 is 1.70 bits per heavy atom. The van der Waals surface area contributed by atoms with E-state index in [9.17, 15) is 9.59 Å². The molecule has 8 heteroatoms. The van der Waals surface area contributed by atoms with Crippen molar-refractivity contribution in [1.82, 2.24) is 20.3 Å². The van der Waals surface area contributed by atoms with Gasteiger partial charge in [0, 0.05) is 38.6 Å². The van der Waals surface area contributed by atoms with Crippen LogP contribution >= 0.6 is 0 Å². The van der Waals surface area contributed by atoms with Crippen LogP contribution in [-0.2, 0) is 0 Å². The van der Waals surface area contributed by atoms with E-state index in [0.717, 1.165) is 24.5 Å². The lowest BCUT2D eigenvalue weighted by Gasteiger charge is -2.35. The molecule has 0 unspecified atom stereocenters. The molecule has 30 heavy (non-hydrogen) atoms. The fourth-order valence-corrected chi connectivity index (χ4v) is 3.50. The van der Waals surface area contributed by atoms with Gasteiger partial charge in [0.15, 0.2) is 0 Å². The normalized spacial score (nSPS) is 15.0. The summed E-state index contributed by atoms with van der Waals surface area (Å²) in [5.41, 5.74) is 0.538. The first kappa shape index (κ1) is 19.6. The highest BCUT2D eigenvalue weighted by Gasteiger charge is 2.21. The topological polar surface area (TPSA) is 94.2 Å². The molecule has 3 aromatic rings. The van der Waals surface area contributed by atoms with Crippen LogP contribution in [-0.4, -0.2) is 47.0 Å². The highest BCUT2D eigenvalue weighted by atomic mass is 16.2. The zero-order chi connectivity index (χ0) is 20.9. The molecule has 1 aromatic carbocycles. The highest BCUT2D eigenvalue weighted by molar-refractivity contribution is 5.93. The van der Waals surface area contributed by atoms with Gasteiger partial charge in [-0.15, -0.1) is 0 Å². The number of aromatic nitrogens is 3. The van der Waals surface area contributed by atoms with E-state index in [0.29, 0.717) is 19.0 Å². The molecule has 1 atom stereocenters. The van der Waals surface area contributed by atoms with E-state index in [2.05, 4.69) is 25.2 Å². The van der Waals surface area contributed by atoms with Gasteiger partial charge >= 0.3 is 0 Å². The van der Waals surface area contributed by atoms with Gasteiger partial charge < -0.3 is 15.1 Å². The molecule has 2 N–H and O–H groups in total. The number of piperazine rings is 1. The van der Waals surface area contributed by atoms with Crippen molar-refractivity contribution in [3.63, 3.8) is 0 Å². The molecule has 0 aliphatic carbocycles. The van der Waals surface area contributed by atoms with Gasteiger partial charge in [-0.1, -0.05) is 36.4 Å². The van der Waals surface area contributed by atoms with E-state index in [4.69, 9.17) is 0 Å². The summed E-state index contributed by atoms with van der Waals surface area (Å²) in [7, 11) is 0. The summed E-state index contributed by atoms with van der Waals surface area (Å²) < 4.78 is 0. The number of hydrogen-bond donors (Lipinski definition) is 2. The Bertz CT molecular complexity index is 1050. The lowest BCUT2D eigenvalue weighted by atomic mass is 10.1. The molecule has 0 saturated carbocycles. The van der Waals surface area contributed by atoms with Gasteiger partial charge in [-0.05, 0) is 24.6 Å². The molecular weight excluding hydrogens is 380 g/mol. The lowest BCUT2D eigenvalue weighted by molar-refractivity contribution is 0.0938. The van der Waals surface area contributed by atoms with Crippen molar-refractivity contribution < 1.29 is 4.79 Å². The molecule has 0 radical (unpaired) electrons. The van der Waals surface area contributed by atoms with Crippen LogP contribution in [0.4, 0.5) is 11.8 Å². The highest BCUT2D eigenvalue weighted by Crippen LogP contribution is 2.15. The minimum Gasteiger partial charge on any atom is -0.353 e. The monoisotopic (exact) mass is 404 g/mol. The second-order valence-corrected chi connectivity index (χ2v) is 7.22. The minimum atomic E-state index is -0.440. The Hall–Kier alpha value is -3.68. The molecule has 154 valence electrons. The summed E-state index contributed by atoms with van der Waals surface area (Å²) in [6.45, 7) is 4.84. The molecule has 2 aromatic heterocycles. The van der Waals surface area contributed by atoms with Gasteiger partial charge in [0.2, 0.25) is 5.95 Å². The third kappa shape index (κ3) is 4.32. The van der Waals surface area contributed by atoms with Crippen LogP contribution in [0, 0.1) is 0 Å². The van der Waals surface area contributed by atoms with E-state index in [1.54, 1.807) is 6.20 Å². The van der Waals surface area contributed by atoms with Crippen molar-refractivity contribution in [1.29, 1.82) is 0 Å². The van der Waals surface area contributed by atoms with Gasteiger partial charge in [-0.25, -0.2) is 9.97 Å². The minimum absolute atomic E-state index is 0.00801. The average molecular weight is 404 g/mol. The van der Waals surface area contributed by atoms with Crippen molar-refractivity contribution in [3.05, 3.63) is 82.4 Å². The lowest BCUT2D eigenvalue weighted by Crippen LogP contribution is -2.48. The molecule has 8 nitrogen and oxygen atoms in total. The number of pyridine rings is 1. The van der Waals surface area contributed by atoms with Crippen LogP contribution in [0.5, 0.6) is 0 Å². The van der Waals surface area contributed by atoms with Crippen LogP contribution < -0.4 is 20.7 Å². The summed E-state index contributed by atoms with van der Waals surface area (Å²) in [4.78, 5) is 40.7. The average Bonchev–Trinajstić information content (AvgIpc) is 2.80. The van der Waals surface area contributed by atoms with E-state index in [1.165, 1.54) is 6.20 Å². The number of nitrogens with zero attached hydrogens (tertiary/aromatic N) is 4. The number of H-pyrrole nitrogens is 1. The fourth-order valence-electron chi connectivity index (χ4n) is 3.50. The van der Waals surface area contributed by atoms with E-state index in [-0.39, 0.29) is 11.6 Å². The fraction of sp³-hybridized carbons (Fsp3) is 0.273. The largest absolute Gasteiger partial charge is 0.353 e. The van der Waals surface area contributed by atoms with Crippen molar-refractivity contribution in [3.8, 4) is 0 Å². The quantitative estimate of drug-likeness (QED) is 0.675. The number of amides is 1. The maximum absolute atomic E-state index is 12.5. The smallest absolute Gasteiger partial charge is 0.265 e. The maximum Gasteiger partial charge on any atom is 0.265 e. The van der Waals surface area contributed by atoms with Crippen LogP contribution in [0.1, 0.15) is 28.9 Å². The molecule has 4 rings (SSSR count). The number of carbonyl (C=O) groups is 1. The standard InChI is InChI=1S/C22H24N6O2/c1-16(17-7-3-2-4-8-17)25-20(29)18-15-24-22(26-21(18)30)28-13-11-27(12-14-28)19-9-5-6-10-23-19/h2-10,15-16H,11-14H2,1H3,(H,25,29)(H,24,26,30)/t16-/m0/s1. The Kier molecular flexibility index (Phi) is 5.74. The second kappa shape index (κ2) is 8.77. The van der Waals surface area contributed by atoms with Gasteiger partial charge in [-0.3, -0.25) is 14.6 Å². The third-order valence-electron chi connectivity index (χ3n) is 5.23. The van der Waals surface area contributed by atoms with Crippen LogP contribution in [0.15, 0.2) is 65.7 Å². The van der Waals surface area contributed by atoms with Crippen LogP contribution in [0.3, 0.4) is 0 Å². The Labute approximate surface area is 174 Å². The number of rotatable bonds is 5. The zero-order valence-corrected chi connectivity index (χ0v) is 16.8. The van der Waals surface area contributed by atoms with Crippen molar-refractivity contribution in [2.75, 3.05) is 36.0 Å². The number of aromatic amines is 1. The molecule has 3 heterocycles. The first-order valence-electron chi connectivity index (χ1n) is 9.98. The third-order valence-corrected chi connectivity index (χ3v) is 5.23. The molecule has 1 aliphatic heterocycles. The number of carbonyl (C=O) groups excluding carboxylic acids is 1. The molecule has 1 amide bonds. The summed E-state index contributed by atoms with van der Waals surface area (Å²) in [5, 5.41) is 2.85. The molecule has 1 aliphatic rings. The zero-order valence-electron chi connectivity index (χ0n) is 16.8. The molecule has 1 fully saturated rings. The summed E-state index contributed by atoms with van der Waals surface area (Å²) in [6.07, 6.45) is 3.13. The van der Waals surface area contributed by atoms with Crippen LogP contribution in [0.25, 0.3) is 0 Å². The number of benzene rings is 1. The first-order valence-corrected chi connectivity index (χ1v) is 9.98. The number of nitrogens with one attached hydrogen (secondary N) is 2. The van der Waals surface area contributed by atoms with Crippen LogP contribution in [0.2, 0.25) is 0 Å². The Balaban J connectivity index is 1.40. The predicted molar refractivity (Wildman–Crippen MR) is 116 cm³/mol. The summed E-state index contributed by atoms with van der Waals surface area (Å²) in [6, 6.07) is 15.2. The van der Waals surface area contributed by atoms with E-state index in [1.807, 2.05) is 60.4 Å². The second-order valence-electron chi connectivity index (χ2n) is 7.22. The van der Waals surface area contributed by atoms with E-state index < -0.39 is 11.5 Å². The Morgan fingerprint density at radius 3 is 2.37 bits per heavy atom. The molecule has 0 spiro atoms. The van der Waals surface area contributed by atoms with Gasteiger partial charge in [0.25, 0.3) is 11.5 Å². The summed E-state index contributed by atoms with van der Waals surface area (Å²) in [5.74, 6) is 0.984. The van der Waals surface area contributed by atoms with Gasteiger partial charge in [0.1, 0.15) is 11.4 Å². The molecular formula is C22H24N6O2. The molecule has 1 saturated heterocycles. The van der Waals surface area contributed by atoms with Crippen molar-refractivity contribution in [2.45, 2.75) is 13.0 Å². The number of anilines is 2. The molecule has 0 bridgehead atoms. The number of hydrogen-bond acceptors (Lipinski definition) is 6. The predicted octanol–water partition coefficient (Wildman–Crippen LogP) is 1.98. The Morgan fingerprint density at radius 1 is 1.00 bits per heavy atom. The van der Waals surface area contributed by atoms with Gasteiger partial charge in [-0.2, -0.15) is 0 Å². The SMILES string of the molecule is C[C@H](NC(=O)c1cnc(N2CCN(c3ccccn3)CC2)[nH]c1=O)c1ccccc1.